The van der Waals surface area contributed by atoms with Crippen molar-refractivity contribution in [2.75, 3.05) is 23.4 Å². The number of carbonyl (C=O) groups is 2. The van der Waals surface area contributed by atoms with Crippen LogP contribution >= 0.6 is 23.8 Å². The molecule has 0 aliphatic carbocycles. The summed E-state index contributed by atoms with van der Waals surface area (Å²) < 4.78 is 45.5. The van der Waals surface area contributed by atoms with Gasteiger partial charge < -0.3 is 15.0 Å². The molecule has 3 aromatic carbocycles. The van der Waals surface area contributed by atoms with Crippen LogP contribution in [0.25, 0.3) is 0 Å². The van der Waals surface area contributed by atoms with Gasteiger partial charge in [0.15, 0.2) is 5.11 Å². The predicted octanol–water partition coefficient (Wildman–Crippen LogP) is 6.33. The first-order chi connectivity index (χ1) is 18.6. The normalized spacial score (nSPS) is 15.6. The molecule has 11 heteroatoms. The number of anilines is 2. The number of nitrogens with one attached hydrogen (secondary N) is 1. The van der Waals surface area contributed by atoms with Crippen LogP contribution in [0.3, 0.4) is 0 Å². The number of rotatable bonds is 9. The van der Waals surface area contributed by atoms with E-state index in [4.69, 9.17) is 28.6 Å². The fourth-order valence-corrected chi connectivity index (χ4v) is 4.78. The Balaban J connectivity index is 1.57. The van der Waals surface area contributed by atoms with E-state index >= 15 is 0 Å². The van der Waals surface area contributed by atoms with Gasteiger partial charge in [-0.3, -0.25) is 14.5 Å². The van der Waals surface area contributed by atoms with Gasteiger partial charge in [-0.15, -0.1) is 0 Å². The molecule has 1 aliphatic heterocycles. The van der Waals surface area contributed by atoms with E-state index in [1.165, 1.54) is 12.1 Å². The second-order valence-electron chi connectivity index (χ2n) is 8.80. The Labute approximate surface area is 234 Å². The SMILES string of the molecule is CCOc1ccc(NC(=O)CC2C(=O)N(c3cccc(C(F)(F)F)c3)C(=S)N2CCc2ccc(Cl)cc2)cc1. The number of hydrogen-bond donors (Lipinski definition) is 1. The van der Waals surface area contributed by atoms with Gasteiger partial charge in [-0.05, 0) is 85.7 Å². The van der Waals surface area contributed by atoms with Crippen molar-refractivity contribution < 1.29 is 27.5 Å². The third kappa shape index (κ3) is 6.88. The van der Waals surface area contributed by atoms with Gasteiger partial charge >= 0.3 is 6.18 Å². The Hall–Kier alpha value is -3.63. The van der Waals surface area contributed by atoms with Gasteiger partial charge in [0, 0.05) is 17.3 Å². The first kappa shape index (κ1) is 28.4. The summed E-state index contributed by atoms with van der Waals surface area (Å²) in [5.74, 6) is -0.364. The van der Waals surface area contributed by atoms with Crippen LogP contribution in [0.5, 0.6) is 5.75 Å². The summed E-state index contributed by atoms with van der Waals surface area (Å²) in [7, 11) is 0. The quantitative estimate of drug-likeness (QED) is 0.302. The van der Waals surface area contributed by atoms with Gasteiger partial charge in [-0.2, -0.15) is 13.2 Å². The zero-order chi connectivity index (χ0) is 28.2. The summed E-state index contributed by atoms with van der Waals surface area (Å²) >= 11 is 11.5. The number of alkyl halides is 3. The Morgan fingerprint density at radius 3 is 2.41 bits per heavy atom. The third-order valence-electron chi connectivity index (χ3n) is 6.13. The second kappa shape index (κ2) is 12.0. The van der Waals surface area contributed by atoms with Crippen molar-refractivity contribution >= 4 is 52.1 Å². The standard InChI is InChI=1S/C28H25ClF3N3O3S/c1-2-38-23-12-10-21(11-13-23)33-25(36)17-24-26(37)35(22-5-3-4-19(16-22)28(30,31)32)27(39)34(24)15-14-18-6-8-20(29)9-7-18/h3-13,16,24H,2,14-15,17H2,1H3,(H,33,36). The minimum atomic E-state index is -4.59. The molecule has 4 rings (SSSR count). The molecule has 1 fully saturated rings. The van der Waals surface area contributed by atoms with Gasteiger partial charge in [-0.1, -0.05) is 29.8 Å². The van der Waals surface area contributed by atoms with Crippen LogP contribution in [0, 0.1) is 0 Å². The lowest BCUT2D eigenvalue weighted by Gasteiger charge is -2.24. The highest BCUT2D eigenvalue weighted by atomic mass is 35.5. The van der Waals surface area contributed by atoms with Crippen molar-refractivity contribution in [3.63, 3.8) is 0 Å². The summed E-state index contributed by atoms with van der Waals surface area (Å²) in [4.78, 5) is 29.2. The maximum atomic E-state index is 13.5. The smallest absolute Gasteiger partial charge is 0.416 e. The molecule has 1 unspecified atom stereocenters. The fraction of sp³-hybridized carbons (Fsp3) is 0.250. The van der Waals surface area contributed by atoms with Crippen LogP contribution in [0.15, 0.2) is 72.8 Å². The second-order valence-corrected chi connectivity index (χ2v) is 9.60. The van der Waals surface area contributed by atoms with Gasteiger partial charge in [0.05, 0.1) is 24.3 Å². The van der Waals surface area contributed by atoms with Crippen LogP contribution in [0.2, 0.25) is 5.02 Å². The summed E-state index contributed by atoms with van der Waals surface area (Å²) in [5, 5.41) is 3.37. The van der Waals surface area contributed by atoms with Crippen molar-refractivity contribution in [1.29, 1.82) is 0 Å². The molecule has 0 radical (unpaired) electrons. The Morgan fingerprint density at radius 1 is 1.08 bits per heavy atom. The molecule has 204 valence electrons. The summed E-state index contributed by atoms with van der Waals surface area (Å²) in [6, 6.07) is 17.3. The van der Waals surface area contributed by atoms with E-state index in [2.05, 4.69) is 5.32 Å². The van der Waals surface area contributed by atoms with E-state index in [-0.39, 0.29) is 23.8 Å². The number of thiocarbonyl (C=S) groups is 1. The lowest BCUT2D eigenvalue weighted by molar-refractivity contribution is -0.137. The van der Waals surface area contributed by atoms with E-state index in [1.807, 2.05) is 19.1 Å². The van der Waals surface area contributed by atoms with Crippen molar-refractivity contribution in [1.82, 2.24) is 4.90 Å². The molecule has 0 spiro atoms. The fourth-order valence-electron chi connectivity index (χ4n) is 4.24. The lowest BCUT2D eigenvalue weighted by Crippen LogP contribution is -2.39. The van der Waals surface area contributed by atoms with Crippen LogP contribution in [0.1, 0.15) is 24.5 Å². The van der Waals surface area contributed by atoms with Gasteiger partial charge in [-0.25, -0.2) is 0 Å². The highest BCUT2D eigenvalue weighted by molar-refractivity contribution is 7.80. The van der Waals surface area contributed by atoms with E-state index in [0.29, 0.717) is 29.5 Å². The van der Waals surface area contributed by atoms with E-state index in [9.17, 15) is 22.8 Å². The molecule has 1 heterocycles. The molecule has 1 atom stereocenters. The van der Waals surface area contributed by atoms with Gasteiger partial charge in [0.2, 0.25) is 5.91 Å². The highest BCUT2D eigenvalue weighted by Crippen LogP contribution is 2.34. The first-order valence-corrected chi connectivity index (χ1v) is 12.9. The molecule has 2 amide bonds. The molecule has 1 N–H and O–H groups in total. The summed E-state index contributed by atoms with van der Waals surface area (Å²) in [6.45, 7) is 2.63. The van der Waals surface area contributed by atoms with E-state index in [1.54, 1.807) is 41.3 Å². The van der Waals surface area contributed by atoms with E-state index in [0.717, 1.165) is 22.6 Å². The maximum absolute atomic E-state index is 13.5. The minimum Gasteiger partial charge on any atom is -0.494 e. The van der Waals surface area contributed by atoms with Gasteiger partial charge in [0.1, 0.15) is 11.8 Å². The number of ether oxygens (including phenoxy) is 1. The largest absolute Gasteiger partial charge is 0.494 e. The average molecular weight is 576 g/mol. The number of nitrogens with zero attached hydrogens (tertiary/aromatic N) is 2. The average Bonchev–Trinajstić information content (AvgIpc) is 3.13. The predicted molar refractivity (Wildman–Crippen MR) is 148 cm³/mol. The van der Waals surface area contributed by atoms with Crippen LogP contribution < -0.4 is 15.0 Å². The van der Waals surface area contributed by atoms with Crippen molar-refractivity contribution in [3.05, 3.63) is 88.9 Å². The van der Waals surface area contributed by atoms with Gasteiger partial charge in [0.25, 0.3) is 5.91 Å². The number of carbonyl (C=O) groups excluding carboxylic acids is 2. The molecule has 39 heavy (non-hydrogen) atoms. The molecule has 0 bridgehead atoms. The summed E-state index contributed by atoms with van der Waals surface area (Å²) in [5.41, 5.74) is 0.523. The third-order valence-corrected chi connectivity index (χ3v) is 6.80. The maximum Gasteiger partial charge on any atom is 0.416 e. The van der Waals surface area contributed by atoms with Crippen molar-refractivity contribution in [2.45, 2.75) is 32.0 Å². The molecule has 0 saturated carbocycles. The Morgan fingerprint density at radius 2 is 1.77 bits per heavy atom. The molecule has 6 nitrogen and oxygen atoms in total. The highest BCUT2D eigenvalue weighted by Gasteiger charge is 2.44. The van der Waals surface area contributed by atoms with E-state index < -0.39 is 29.6 Å². The van der Waals surface area contributed by atoms with Crippen LogP contribution in [-0.2, 0) is 22.2 Å². The molecule has 1 saturated heterocycles. The lowest BCUT2D eigenvalue weighted by atomic mass is 10.1. The van der Waals surface area contributed by atoms with Crippen molar-refractivity contribution in [2.24, 2.45) is 0 Å². The number of benzene rings is 3. The topological polar surface area (TPSA) is 61.9 Å². The zero-order valence-electron chi connectivity index (χ0n) is 20.9. The molecule has 0 aromatic heterocycles. The first-order valence-electron chi connectivity index (χ1n) is 12.2. The van der Waals surface area contributed by atoms with Crippen molar-refractivity contribution in [3.8, 4) is 5.75 Å². The molecule has 3 aromatic rings. The molecule has 1 aliphatic rings. The monoisotopic (exact) mass is 575 g/mol. The minimum absolute atomic E-state index is 0.00857. The summed E-state index contributed by atoms with van der Waals surface area (Å²) in [6.07, 6.45) is -4.37. The number of amides is 2. The molecular weight excluding hydrogens is 551 g/mol. The Bertz CT molecular complexity index is 1350. The number of halogens is 4. The number of hydrogen-bond acceptors (Lipinski definition) is 4. The zero-order valence-corrected chi connectivity index (χ0v) is 22.4. The Kier molecular flexibility index (Phi) is 8.76. The van der Waals surface area contributed by atoms with Crippen LogP contribution in [0.4, 0.5) is 24.5 Å². The van der Waals surface area contributed by atoms with Crippen LogP contribution in [-0.4, -0.2) is 41.0 Å². The molecular formula is C28H25ClF3N3O3S.